The zero-order chi connectivity index (χ0) is 16.5. The van der Waals surface area contributed by atoms with Crippen molar-refractivity contribution in [3.63, 3.8) is 0 Å². The van der Waals surface area contributed by atoms with Crippen LogP contribution in [0.25, 0.3) is 0 Å². The zero-order valence-electron chi connectivity index (χ0n) is 13.3. The summed E-state index contributed by atoms with van der Waals surface area (Å²) in [6.07, 6.45) is 0. The number of rotatable bonds is 4. The number of sulfonamides is 1. The molecule has 128 valence electrons. The number of amides is 2. The number of carbonyl (C=O) groups excluding carboxylic acids is 1. The van der Waals surface area contributed by atoms with E-state index in [4.69, 9.17) is 0 Å². The van der Waals surface area contributed by atoms with Gasteiger partial charge < -0.3 is 10.2 Å². The number of nitrogens with one attached hydrogen (secondary N) is 1. The summed E-state index contributed by atoms with van der Waals surface area (Å²) in [7, 11) is -3.97. The average Bonchev–Trinajstić information content (AvgIpc) is 2.42. The van der Waals surface area contributed by atoms with Gasteiger partial charge in [-0.2, -0.15) is 0 Å². The number of hydrogen-bond acceptors (Lipinski definition) is 4. The minimum Gasteiger partial charge on any atom is -0.338 e. The van der Waals surface area contributed by atoms with Gasteiger partial charge in [0.1, 0.15) is 0 Å². The first-order valence-corrected chi connectivity index (χ1v) is 10.6. The molecule has 3 atom stereocenters. The van der Waals surface area contributed by atoms with E-state index in [2.05, 4.69) is 5.32 Å². The molecule has 0 spiro atoms. The molecule has 9 heteroatoms. The molecule has 2 amide bonds. The third kappa shape index (κ3) is 3.62. The van der Waals surface area contributed by atoms with Crippen LogP contribution in [0, 0.1) is 5.92 Å². The zero-order valence-corrected chi connectivity index (χ0v) is 15.0. The molecule has 7 nitrogen and oxygen atoms in total. The highest BCUT2D eigenvalue weighted by atomic mass is 32.2. The molecule has 0 saturated carbocycles. The van der Waals surface area contributed by atoms with E-state index in [-0.39, 0.29) is 29.0 Å². The van der Waals surface area contributed by atoms with Crippen LogP contribution in [-0.2, 0) is 20.8 Å². The highest BCUT2D eigenvalue weighted by molar-refractivity contribution is 7.89. The molecule has 1 N–H and O–H groups in total. The summed E-state index contributed by atoms with van der Waals surface area (Å²) >= 11 is 0. The van der Waals surface area contributed by atoms with E-state index in [1.165, 1.54) is 4.31 Å². The topological polar surface area (TPSA) is 86.8 Å². The van der Waals surface area contributed by atoms with E-state index in [0.29, 0.717) is 31.9 Å². The Labute approximate surface area is 134 Å². The van der Waals surface area contributed by atoms with Crippen molar-refractivity contribution in [3.05, 3.63) is 0 Å². The molecule has 2 fully saturated rings. The predicted molar refractivity (Wildman–Crippen MR) is 86.6 cm³/mol. The van der Waals surface area contributed by atoms with Gasteiger partial charge >= 0.3 is 6.03 Å². The molecule has 0 bridgehead atoms. The van der Waals surface area contributed by atoms with Crippen LogP contribution in [-0.4, -0.2) is 76.8 Å². The molecule has 0 aromatic heterocycles. The number of carbonyl (C=O) groups is 1. The third-order valence-corrected chi connectivity index (χ3v) is 8.23. The van der Waals surface area contributed by atoms with Crippen LogP contribution in [0.4, 0.5) is 4.79 Å². The van der Waals surface area contributed by atoms with Gasteiger partial charge in [0.25, 0.3) is 0 Å². The summed E-state index contributed by atoms with van der Waals surface area (Å²) in [6, 6.07) is -0.194. The van der Waals surface area contributed by atoms with E-state index in [1.807, 2.05) is 13.8 Å². The Morgan fingerprint density at radius 1 is 1.32 bits per heavy atom. The molecular formula is C13H25N3O4S2. The molecule has 2 rings (SSSR count). The van der Waals surface area contributed by atoms with Crippen molar-refractivity contribution in [3.8, 4) is 0 Å². The highest BCUT2D eigenvalue weighted by Gasteiger charge is 2.36. The largest absolute Gasteiger partial charge is 0.338 e. The maximum Gasteiger partial charge on any atom is 0.317 e. The SMILES string of the molecule is CCS(=O)(=O)N1CC(CNC(=O)N2CCS(=O)C(C)C2C)C1. The Morgan fingerprint density at radius 2 is 1.95 bits per heavy atom. The minimum atomic E-state index is -3.10. The first-order valence-electron chi connectivity index (χ1n) is 7.65. The minimum absolute atomic E-state index is 0.0200. The Hall–Kier alpha value is -0.670. The third-order valence-electron chi connectivity index (χ3n) is 4.60. The standard InChI is InChI=1S/C13H25N3O4S2/c1-4-22(19,20)15-8-12(9-15)7-14-13(17)16-5-6-21(18)11(3)10(16)2/h10-12H,4-9H2,1-3H3,(H,14,17). The summed E-state index contributed by atoms with van der Waals surface area (Å²) in [6.45, 7) is 7.40. The lowest BCUT2D eigenvalue weighted by Gasteiger charge is -2.40. The van der Waals surface area contributed by atoms with E-state index in [9.17, 15) is 17.4 Å². The molecule has 2 aliphatic heterocycles. The Bertz CT molecular complexity index is 545. The van der Waals surface area contributed by atoms with Crippen molar-refractivity contribution in [2.75, 3.05) is 37.7 Å². The molecule has 2 heterocycles. The second-order valence-corrected chi connectivity index (χ2v) is 10.2. The lowest BCUT2D eigenvalue weighted by atomic mass is 10.0. The van der Waals surface area contributed by atoms with Gasteiger partial charge in [0, 0.05) is 54.7 Å². The quantitative estimate of drug-likeness (QED) is 0.761. The fraction of sp³-hybridized carbons (Fsp3) is 0.923. The molecule has 0 aromatic rings. The summed E-state index contributed by atoms with van der Waals surface area (Å²) < 4.78 is 36.4. The van der Waals surface area contributed by atoms with Crippen LogP contribution in [0.2, 0.25) is 0 Å². The first-order chi connectivity index (χ1) is 10.3. The second kappa shape index (κ2) is 6.84. The molecular weight excluding hydrogens is 326 g/mol. The van der Waals surface area contributed by atoms with Gasteiger partial charge in [-0.05, 0) is 20.8 Å². The summed E-state index contributed by atoms with van der Waals surface area (Å²) in [5.74, 6) is 0.814. The second-order valence-electron chi connectivity index (χ2n) is 5.99. The maximum absolute atomic E-state index is 12.2. The smallest absolute Gasteiger partial charge is 0.317 e. The van der Waals surface area contributed by atoms with Crippen molar-refractivity contribution in [1.82, 2.24) is 14.5 Å². The Kier molecular flexibility index (Phi) is 5.50. The van der Waals surface area contributed by atoms with Crippen molar-refractivity contribution in [2.24, 2.45) is 5.92 Å². The van der Waals surface area contributed by atoms with Gasteiger partial charge in [-0.25, -0.2) is 17.5 Å². The molecule has 3 unspecified atom stereocenters. The van der Waals surface area contributed by atoms with Gasteiger partial charge in [0.05, 0.1) is 11.0 Å². The van der Waals surface area contributed by atoms with Gasteiger partial charge in [0.15, 0.2) is 0 Å². The average molecular weight is 351 g/mol. The fourth-order valence-corrected chi connectivity index (χ4v) is 5.31. The van der Waals surface area contributed by atoms with Crippen molar-refractivity contribution >= 4 is 26.9 Å². The van der Waals surface area contributed by atoms with Crippen LogP contribution < -0.4 is 5.32 Å². The fourth-order valence-electron chi connectivity index (χ4n) is 2.73. The number of nitrogens with zero attached hydrogens (tertiary/aromatic N) is 2. The van der Waals surface area contributed by atoms with Crippen LogP contribution in [0.5, 0.6) is 0 Å². The summed E-state index contributed by atoms with van der Waals surface area (Å²) in [4.78, 5) is 14.0. The highest BCUT2D eigenvalue weighted by Crippen LogP contribution is 2.20. The van der Waals surface area contributed by atoms with Gasteiger partial charge in [-0.1, -0.05) is 0 Å². The summed E-state index contributed by atoms with van der Waals surface area (Å²) in [5.41, 5.74) is 0. The molecule has 2 saturated heterocycles. The van der Waals surface area contributed by atoms with Gasteiger partial charge in [0.2, 0.25) is 10.0 Å². The predicted octanol–water partition coefficient (Wildman–Crippen LogP) is -0.181. The molecule has 0 aromatic carbocycles. The molecule has 22 heavy (non-hydrogen) atoms. The molecule has 0 radical (unpaired) electrons. The lowest BCUT2D eigenvalue weighted by Crippen LogP contribution is -2.58. The number of hydrogen-bond donors (Lipinski definition) is 1. The van der Waals surface area contributed by atoms with Crippen molar-refractivity contribution < 1.29 is 17.4 Å². The van der Waals surface area contributed by atoms with Gasteiger partial charge in [-0.3, -0.25) is 4.21 Å². The van der Waals surface area contributed by atoms with Crippen molar-refractivity contribution in [1.29, 1.82) is 0 Å². The lowest BCUT2D eigenvalue weighted by molar-refractivity contribution is 0.164. The number of urea groups is 1. The van der Waals surface area contributed by atoms with Crippen LogP contribution in [0.1, 0.15) is 20.8 Å². The Morgan fingerprint density at radius 3 is 2.55 bits per heavy atom. The molecule has 2 aliphatic rings. The molecule has 0 aliphatic carbocycles. The summed E-state index contributed by atoms with van der Waals surface area (Å²) in [5, 5.41) is 2.86. The van der Waals surface area contributed by atoms with Crippen molar-refractivity contribution in [2.45, 2.75) is 32.1 Å². The van der Waals surface area contributed by atoms with Crippen LogP contribution in [0.15, 0.2) is 0 Å². The van der Waals surface area contributed by atoms with Crippen LogP contribution >= 0.6 is 0 Å². The first kappa shape index (κ1) is 17.7. The van der Waals surface area contributed by atoms with E-state index < -0.39 is 20.8 Å². The van der Waals surface area contributed by atoms with E-state index in [1.54, 1.807) is 11.8 Å². The maximum atomic E-state index is 12.2. The normalized spacial score (nSPS) is 30.9. The van der Waals surface area contributed by atoms with Gasteiger partial charge in [-0.15, -0.1) is 0 Å². The van der Waals surface area contributed by atoms with E-state index in [0.717, 1.165) is 0 Å². The Balaban J connectivity index is 1.77. The van der Waals surface area contributed by atoms with Crippen LogP contribution in [0.3, 0.4) is 0 Å². The van der Waals surface area contributed by atoms with E-state index >= 15 is 0 Å². The monoisotopic (exact) mass is 351 g/mol.